The summed E-state index contributed by atoms with van der Waals surface area (Å²) >= 11 is 0. The lowest BCUT2D eigenvalue weighted by Gasteiger charge is -2.25. The number of hydrogen-bond donors (Lipinski definition) is 3. The Morgan fingerprint density at radius 1 is 0.636 bits per heavy atom. The van der Waals surface area contributed by atoms with E-state index in [1.165, 1.54) is 89.9 Å². The number of nitrogens with zero attached hydrogens (tertiary/aromatic N) is 1. The number of hydrogen-bond acceptors (Lipinski definition) is 5. The molecule has 8 nitrogen and oxygen atoms in total. The van der Waals surface area contributed by atoms with Crippen LogP contribution in [0.2, 0.25) is 0 Å². The Balaban J connectivity index is 3.88. The lowest BCUT2D eigenvalue weighted by Crippen LogP contribution is -2.45. The van der Waals surface area contributed by atoms with Crippen molar-refractivity contribution in [1.29, 1.82) is 0 Å². The average molecular weight is 794 g/mol. The molecule has 0 aliphatic rings. The summed E-state index contributed by atoms with van der Waals surface area (Å²) in [5.41, 5.74) is 0. The third-order valence-electron chi connectivity index (χ3n) is 9.49. The molecular formula is C46H86N2O6P+. The van der Waals surface area contributed by atoms with Gasteiger partial charge in [0.25, 0.3) is 0 Å². The van der Waals surface area contributed by atoms with E-state index in [2.05, 4.69) is 67.8 Å². The first kappa shape index (κ1) is 53.2. The molecule has 0 aliphatic heterocycles. The number of aliphatic hydroxyl groups excluding tert-OH is 1. The van der Waals surface area contributed by atoms with E-state index in [0.717, 1.165) is 64.2 Å². The maximum Gasteiger partial charge on any atom is 0.472 e. The molecule has 320 valence electrons. The van der Waals surface area contributed by atoms with Crippen LogP contribution in [0.5, 0.6) is 0 Å². The van der Waals surface area contributed by atoms with E-state index in [1.54, 1.807) is 6.08 Å². The smallest absolute Gasteiger partial charge is 0.387 e. The molecule has 0 aromatic rings. The van der Waals surface area contributed by atoms with E-state index >= 15 is 0 Å². The van der Waals surface area contributed by atoms with Crippen LogP contribution in [0.3, 0.4) is 0 Å². The topological polar surface area (TPSA) is 105 Å². The summed E-state index contributed by atoms with van der Waals surface area (Å²) in [6, 6.07) is -0.842. The van der Waals surface area contributed by atoms with Crippen LogP contribution in [0.1, 0.15) is 174 Å². The summed E-state index contributed by atoms with van der Waals surface area (Å²) in [6.07, 6.45) is 49.4. The van der Waals surface area contributed by atoms with Gasteiger partial charge in [0.1, 0.15) is 13.2 Å². The van der Waals surface area contributed by atoms with Crippen LogP contribution in [-0.4, -0.2) is 73.4 Å². The standard InChI is InChI=1S/C46H85N2O6P/c1-6-8-10-12-13-14-15-16-17-18-19-20-21-22-23-24-25-26-27-28-29-30-31-32-33-34-35-36-38-40-46(50)47-44(45(49)39-37-11-9-7-2)43-54-55(51,52)53-42-41-48(3,4)5/h8,10,13-14,16-17,19-20,37,39,44-45,49H,6-7,9,11-12,15,18,21-36,38,40-43H2,1-5H3,(H-,47,50,51,52)/p+1/b10-8-,14-13-,17-16-,20-19-,39-37+. The van der Waals surface area contributed by atoms with E-state index in [9.17, 15) is 19.4 Å². The van der Waals surface area contributed by atoms with Gasteiger partial charge < -0.3 is 19.8 Å². The van der Waals surface area contributed by atoms with Gasteiger partial charge in [0.05, 0.1) is 39.9 Å². The van der Waals surface area contributed by atoms with Gasteiger partial charge in [-0.05, 0) is 51.4 Å². The number of phosphoric ester groups is 1. The Hall–Kier alpha value is -1.80. The van der Waals surface area contributed by atoms with Crippen LogP contribution < -0.4 is 5.32 Å². The predicted molar refractivity (Wildman–Crippen MR) is 235 cm³/mol. The number of unbranched alkanes of at least 4 members (excludes halogenated alkanes) is 18. The molecule has 55 heavy (non-hydrogen) atoms. The van der Waals surface area contributed by atoms with Gasteiger partial charge in [0.2, 0.25) is 5.91 Å². The molecular weight excluding hydrogens is 707 g/mol. The molecule has 0 heterocycles. The highest BCUT2D eigenvalue weighted by molar-refractivity contribution is 7.47. The van der Waals surface area contributed by atoms with Crippen molar-refractivity contribution in [3.05, 3.63) is 60.8 Å². The Bertz CT molecular complexity index is 1080. The molecule has 0 fully saturated rings. The van der Waals surface area contributed by atoms with E-state index in [4.69, 9.17) is 9.05 Å². The van der Waals surface area contributed by atoms with Gasteiger partial charge in [-0.1, -0.05) is 177 Å². The van der Waals surface area contributed by atoms with Crippen molar-refractivity contribution in [3.63, 3.8) is 0 Å². The molecule has 0 rings (SSSR count). The monoisotopic (exact) mass is 794 g/mol. The quantitative estimate of drug-likeness (QED) is 0.0248. The van der Waals surface area contributed by atoms with Gasteiger partial charge in [-0.25, -0.2) is 4.57 Å². The maximum atomic E-state index is 12.7. The largest absolute Gasteiger partial charge is 0.472 e. The fourth-order valence-electron chi connectivity index (χ4n) is 5.96. The van der Waals surface area contributed by atoms with Crippen LogP contribution in [0.25, 0.3) is 0 Å². The zero-order chi connectivity index (χ0) is 40.7. The molecule has 0 aromatic carbocycles. The highest BCUT2D eigenvalue weighted by atomic mass is 31.2. The van der Waals surface area contributed by atoms with Gasteiger partial charge in [-0.2, -0.15) is 0 Å². The molecule has 0 saturated heterocycles. The van der Waals surface area contributed by atoms with Gasteiger partial charge in [0.15, 0.2) is 0 Å². The van der Waals surface area contributed by atoms with Crippen molar-refractivity contribution >= 4 is 13.7 Å². The third kappa shape index (κ3) is 40.2. The molecule has 3 N–H and O–H groups in total. The Kier molecular flexibility index (Phi) is 36.5. The first-order valence-electron chi connectivity index (χ1n) is 22.2. The van der Waals surface area contributed by atoms with Crippen molar-refractivity contribution < 1.29 is 32.9 Å². The maximum absolute atomic E-state index is 12.7. The summed E-state index contributed by atoms with van der Waals surface area (Å²) in [5, 5.41) is 13.5. The molecule has 0 aromatic heterocycles. The van der Waals surface area contributed by atoms with Crippen molar-refractivity contribution in [1.82, 2.24) is 5.32 Å². The van der Waals surface area contributed by atoms with E-state index in [0.29, 0.717) is 17.4 Å². The molecule has 3 atom stereocenters. The summed E-state index contributed by atoms with van der Waals surface area (Å²) in [4.78, 5) is 22.8. The number of carbonyl (C=O) groups is 1. The predicted octanol–water partition coefficient (Wildman–Crippen LogP) is 12.2. The van der Waals surface area contributed by atoms with Crippen molar-refractivity contribution in [2.45, 2.75) is 187 Å². The van der Waals surface area contributed by atoms with Gasteiger partial charge in [-0.3, -0.25) is 13.8 Å². The first-order chi connectivity index (χ1) is 26.5. The molecule has 9 heteroatoms. The molecule has 0 saturated carbocycles. The number of aliphatic hydroxyl groups is 1. The minimum atomic E-state index is -4.32. The Labute approximate surface area is 339 Å². The second kappa shape index (κ2) is 37.8. The number of carbonyl (C=O) groups excluding carboxylic acids is 1. The number of rotatable bonds is 39. The number of nitrogens with one attached hydrogen (secondary N) is 1. The van der Waals surface area contributed by atoms with Crippen molar-refractivity contribution in [3.8, 4) is 0 Å². The number of likely N-dealkylation sites (N-methyl/N-ethyl adjacent to an activating group) is 1. The molecule has 3 unspecified atom stereocenters. The van der Waals surface area contributed by atoms with E-state index < -0.39 is 20.0 Å². The zero-order valence-electron chi connectivity index (χ0n) is 36.1. The highest BCUT2D eigenvalue weighted by Crippen LogP contribution is 2.43. The SMILES string of the molecule is CC/C=C\C/C=C\C/C=C\C/C=C\CCCCCCCCCCCCCCCCCCC(=O)NC(COP(=O)(O)OCC[N+](C)(C)C)C(O)/C=C/CCCC. The second-order valence-corrected chi connectivity index (χ2v) is 17.5. The molecule has 0 aliphatic carbocycles. The number of phosphoric acid groups is 1. The van der Waals surface area contributed by atoms with Gasteiger partial charge in [-0.15, -0.1) is 0 Å². The van der Waals surface area contributed by atoms with Crippen LogP contribution in [0.15, 0.2) is 60.8 Å². The second-order valence-electron chi connectivity index (χ2n) is 16.0. The van der Waals surface area contributed by atoms with E-state index in [1.807, 2.05) is 27.2 Å². The van der Waals surface area contributed by atoms with Crippen LogP contribution in [-0.2, 0) is 18.4 Å². The fourth-order valence-corrected chi connectivity index (χ4v) is 6.69. The molecule has 0 bridgehead atoms. The summed E-state index contributed by atoms with van der Waals surface area (Å²) in [5.74, 6) is -0.189. The molecule has 0 spiro atoms. The highest BCUT2D eigenvalue weighted by Gasteiger charge is 2.27. The minimum Gasteiger partial charge on any atom is -0.387 e. The first-order valence-corrected chi connectivity index (χ1v) is 23.7. The Morgan fingerprint density at radius 2 is 1.09 bits per heavy atom. The van der Waals surface area contributed by atoms with Crippen molar-refractivity contribution in [2.24, 2.45) is 0 Å². The summed E-state index contributed by atoms with van der Waals surface area (Å²) in [6.45, 7) is 4.53. The fraction of sp³-hybridized carbons (Fsp3) is 0.761. The number of allylic oxidation sites excluding steroid dienone is 9. The molecule has 0 radical (unpaired) electrons. The minimum absolute atomic E-state index is 0.0589. The number of amides is 1. The lowest BCUT2D eigenvalue weighted by molar-refractivity contribution is -0.870. The summed E-state index contributed by atoms with van der Waals surface area (Å²) in [7, 11) is 1.56. The summed E-state index contributed by atoms with van der Waals surface area (Å²) < 4.78 is 23.3. The van der Waals surface area contributed by atoms with Crippen molar-refractivity contribution in [2.75, 3.05) is 40.9 Å². The van der Waals surface area contributed by atoms with Crippen LogP contribution in [0.4, 0.5) is 0 Å². The third-order valence-corrected chi connectivity index (χ3v) is 10.5. The van der Waals surface area contributed by atoms with Crippen LogP contribution in [0, 0.1) is 0 Å². The average Bonchev–Trinajstić information content (AvgIpc) is 3.13. The van der Waals surface area contributed by atoms with Gasteiger partial charge >= 0.3 is 7.82 Å². The van der Waals surface area contributed by atoms with E-state index in [-0.39, 0.29) is 19.1 Å². The zero-order valence-corrected chi connectivity index (χ0v) is 37.0. The van der Waals surface area contributed by atoms with Gasteiger partial charge in [0, 0.05) is 6.42 Å². The lowest BCUT2D eigenvalue weighted by atomic mass is 10.0. The molecule has 1 amide bonds. The normalized spacial score (nSPS) is 15.0. The number of quaternary nitrogens is 1. The van der Waals surface area contributed by atoms with Crippen LogP contribution >= 0.6 is 7.82 Å². The Morgan fingerprint density at radius 3 is 1.58 bits per heavy atom.